The van der Waals surface area contributed by atoms with Crippen molar-refractivity contribution >= 4 is 0 Å². The Balaban J connectivity index is -0.00000000443. The van der Waals surface area contributed by atoms with Crippen LogP contribution in [0.2, 0.25) is 0 Å². The van der Waals surface area contributed by atoms with Gasteiger partial charge in [-0.15, -0.1) is 0 Å². The molecule has 0 rings (SSSR count). The summed E-state index contributed by atoms with van der Waals surface area (Å²) in [6, 6.07) is 0. The minimum atomic E-state index is 0. The van der Waals surface area contributed by atoms with E-state index in [1.54, 1.807) is 0 Å². The first-order chi connectivity index (χ1) is 12.0. The van der Waals surface area contributed by atoms with Crippen LogP contribution in [-0.4, -0.2) is 0 Å². The van der Waals surface area contributed by atoms with Crippen LogP contribution in [0.15, 0.2) is 0 Å². The third-order valence-electron chi connectivity index (χ3n) is 0. The summed E-state index contributed by atoms with van der Waals surface area (Å²) >= 11 is 0. The molecule has 0 fully saturated rings. The molecule has 0 atom stereocenters. The van der Waals surface area contributed by atoms with Crippen LogP contribution in [0.5, 0.6) is 0 Å². The van der Waals surface area contributed by atoms with Gasteiger partial charge in [-0.2, -0.15) is 0 Å². The Morgan fingerprint density at radius 1 is 0.185 bits per heavy atom. The van der Waals surface area contributed by atoms with Crippen LogP contribution in [0.4, 0.5) is 0 Å². The first-order valence-corrected chi connectivity index (χ1v) is 2.68. The largest absolute Gasteiger partial charge is 6.00 e. The normalized spacial score (nSPS) is 0.889. The SMILES string of the molecule is [C-]#N.[C-]#N.[C-]#N.[C-]#N.[C-]#N.[C-]#N.[C-]#N.[C-]#N.[C-]#N.[C-]#N.[C-]#N.[C-]#N.[Fe+6].[Fe+6].[Fe]. The molecule has 0 unspecified atom stereocenters. The smallest absolute Gasteiger partial charge is 0.512 e. The Morgan fingerprint density at radius 3 is 0.185 bits per heavy atom. The third kappa shape index (κ3) is 389. The van der Waals surface area contributed by atoms with Crippen LogP contribution in [-0.2, 0) is 51.2 Å². The van der Waals surface area contributed by atoms with E-state index in [0.29, 0.717) is 0 Å². The fourth-order valence-electron chi connectivity index (χ4n) is 0. The van der Waals surface area contributed by atoms with E-state index in [4.69, 9.17) is 142 Å². The summed E-state index contributed by atoms with van der Waals surface area (Å²) in [7, 11) is 0. The van der Waals surface area contributed by atoms with E-state index >= 15 is 0 Å². The second kappa shape index (κ2) is 430. The molecule has 0 saturated carbocycles. The van der Waals surface area contributed by atoms with Crippen molar-refractivity contribution in [1.82, 2.24) is 0 Å². The van der Waals surface area contributed by atoms with Crippen LogP contribution < -0.4 is 0 Å². The van der Waals surface area contributed by atoms with Crippen LogP contribution >= 0.6 is 0 Å². The molecule has 0 aromatic carbocycles. The van der Waals surface area contributed by atoms with Crippen molar-refractivity contribution in [3.05, 3.63) is 78.9 Å². The molecule has 0 aromatic rings. The van der Waals surface area contributed by atoms with Gasteiger partial charge >= 0.3 is 34.1 Å². The molecule has 0 aliphatic carbocycles. The minimum Gasteiger partial charge on any atom is -0.512 e. The van der Waals surface area contributed by atoms with Gasteiger partial charge in [-0.3, -0.25) is 0 Å². The predicted molar refractivity (Wildman–Crippen MR) is 59.6 cm³/mol. The van der Waals surface area contributed by atoms with Crippen LogP contribution in [0, 0.1) is 142 Å². The summed E-state index contributed by atoms with van der Waals surface area (Å²) in [6.45, 7) is 57.0. The summed E-state index contributed by atoms with van der Waals surface area (Å²) in [4.78, 5) is 0. The fraction of sp³-hybridized carbons (Fsp3) is 0. The van der Waals surface area contributed by atoms with Crippen LogP contribution in [0.25, 0.3) is 0 Å². The van der Waals surface area contributed by atoms with E-state index in [1.165, 1.54) is 0 Å². The Morgan fingerprint density at radius 2 is 0.185 bits per heavy atom. The van der Waals surface area contributed by atoms with Gasteiger partial charge in [-0.05, 0) is 0 Å². The van der Waals surface area contributed by atoms with Crippen molar-refractivity contribution in [2.75, 3.05) is 0 Å². The van der Waals surface area contributed by atoms with Gasteiger partial charge in [0.25, 0.3) is 0 Å². The zero-order chi connectivity index (χ0) is 24.0. The van der Waals surface area contributed by atoms with Gasteiger partial charge in [0.1, 0.15) is 0 Å². The molecular formula is C12Fe3N12. The van der Waals surface area contributed by atoms with Gasteiger partial charge in [0, 0.05) is 17.1 Å². The summed E-state index contributed by atoms with van der Waals surface area (Å²) in [5.41, 5.74) is 0. The first-order valence-electron chi connectivity index (χ1n) is 2.68. The fourth-order valence-corrected chi connectivity index (χ4v) is 0. The monoisotopic (exact) mass is 480 g/mol. The Labute approximate surface area is 192 Å². The molecule has 0 spiro atoms. The zero-order valence-corrected chi connectivity index (χ0v) is 15.7. The van der Waals surface area contributed by atoms with Crippen LogP contribution in [0.1, 0.15) is 0 Å². The summed E-state index contributed by atoms with van der Waals surface area (Å²) in [6.07, 6.45) is 0. The maximum absolute atomic E-state index is 6.25. The van der Waals surface area contributed by atoms with Gasteiger partial charge in [0.05, 0.1) is 0 Å². The second-order valence-corrected chi connectivity index (χ2v) is 0. The van der Waals surface area contributed by atoms with Crippen molar-refractivity contribution in [2.45, 2.75) is 0 Å². The topological polar surface area (TPSA) is 285 Å². The molecular weight excluding hydrogens is 480 g/mol. The minimum absolute atomic E-state index is 0. The maximum Gasteiger partial charge on any atom is 6.00 e. The molecule has 0 N–H and O–H groups in total. The van der Waals surface area contributed by atoms with Gasteiger partial charge in [0.2, 0.25) is 0 Å². The Kier molecular flexibility index (Phi) is 2970. The molecule has 12 nitrogen and oxygen atoms in total. The molecule has 0 radical (unpaired) electrons. The van der Waals surface area contributed by atoms with Crippen molar-refractivity contribution < 1.29 is 51.2 Å². The van der Waals surface area contributed by atoms with Crippen LogP contribution in [0.3, 0.4) is 0 Å². The van der Waals surface area contributed by atoms with E-state index in [0.717, 1.165) is 0 Å². The number of nitrogens with zero attached hydrogens (tertiary/aromatic N) is 12. The van der Waals surface area contributed by atoms with E-state index in [9.17, 15) is 0 Å². The van der Waals surface area contributed by atoms with Crippen molar-refractivity contribution in [2.24, 2.45) is 0 Å². The number of rotatable bonds is 0. The summed E-state index contributed by atoms with van der Waals surface area (Å²) in [5.74, 6) is 0. The van der Waals surface area contributed by atoms with Gasteiger partial charge in [0.15, 0.2) is 0 Å². The number of hydrogen-bond acceptors (Lipinski definition) is 12. The molecule has 0 heterocycles. The summed E-state index contributed by atoms with van der Waals surface area (Å²) in [5, 5.41) is 75.0. The maximum atomic E-state index is 6.25. The molecule has 0 aliphatic heterocycles. The number of hydrogen-bond donors (Lipinski definition) is 0. The molecule has 132 valence electrons. The molecule has 0 bridgehead atoms. The average Bonchev–Trinajstić information content (AvgIpc) is 2.84. The molecule has 0 aromatic heterocycles. The molecule has 0 aliphatic rings. The van der Waals surface area contributed by atoms with Gasteiger partial charge < -0.3 is 142 Å². The van der Waals surface area contributed by atoms with E-state index in [1.807, 2.05) is 0 Å². The zero-order valence-electron chi connectivity index (χ0n) is 12.4. The quantitative estimate of drug-likeness (QED) is 0.348. The van der Waals surface area contributed by atoms with E-state index < -0.39 is 0 Å². The predicted octanol–water partition coefficient (Wildman–Crippen LogP) is 1.15. The molecule has 0 saturated heterocycles. The van der Waals surface area contributed by atoms with Crippen molar-refractivity contribution in [3.8, 4) is 0 Å². The van der Waals surface area contributed by atoms with Crippen molar-refractivity contribution in [1.29, 1.82) is 63.1 Å². The second-order valence-electron chi connectivity index (χ2n) is 0. The Bertz CT molecular complexity index is 224. The van der Waals surface area contributed by atoms with Crippen molar-refractivity contribution in [3.63, 3.8) is 0 Å². The van der Waals surface area contributed by atoms with Gasteiger partial charge in [-0.1, -0.05) is 0 Å². The Hall–Kier alpha value is -4.56. The average molecular weight is 480 g/mol. The third-order valence-corrected chi connectivity index (χ3v) is 0. The molecule has 15 heteroatoms. The molecule has 0 amide bonds. The standard InChI is InChI=1S/12CN.3Fe/c12*1-2;;;/q12*-1;;2*+6. The van der Waals surface area contributed by atoms with Gasteiger partial charge in [-0.25, -0.2) is 0 Å². The van der Waals surface area contributed by atoms with E-state index in [-0.39, 0.29) is 51.2 Å². The van der Waals surface area contributed by atoms with E-state index in [2.05, 4.69) is 0 Å². The molecule has 27 heavy (non-hydrogen) atoms. The summed E-state index contributed by atoms with van der Waals surface area (Å²) < 4.78 is 0. The first kappa shape index (κ1) is 186.